The molecule has 0 amide bonds. The lowest BCUT2D eigenvalue weighted by molar-refractivity contribution is 0.883. The van der Waals surface area contributed by atoms with Crippen LogP contribution in [0.25, 0.3) is 0 Å². The van der Waals surface area contributed by atoms with Crippen LogP contribution in [0.5, 0.6) is 0 Å². The molecule has 1 atom stereocenters. The van der Waals surface area contributed by atoms with Crippen molar-refractivity contribution < 1.29 is 0 Å². The van der Waals surface area contributed by atoms with Crippen LogP contribution in [-0.4, -0.2) is 4.98 Å². The highest BCUT2D eigenvalue weighted by Crippen LogP contribution is 2.28. The predicted molar refractivity (Wildman–Crippen MR) is 80.4 cm³/mol. The van der Waals surface area contributed by atoms with Crippen LogP contribution in [0, 0.1) is 0 Å². The summed E-state index contributed by atoms with van der Waals surface area (Å²) in [6.07, 6.45) is 3.51. The van der Waals surface area contributed by atoms with Crippen molar-refractivity contribution in [3.05, 3.63) is 56.7 Å². The van der Waals surface area contributed by atoms with Crippen LogP contribution in [-0.2, 0) is 0 Å². The van der Waals surface area contributed by atoms with Gasteiger partial charge in [0.05, 0.1) is 17.9 Å². The summed E-state index contributed by atoms with van der Waals surface area (Å²) in [5, 5.41) is 4.64. The molecule has 5 heteroatoms. The van der Waals surface area contributed by atoms with E-state index in [4.69, 9.17) is 23.2 Å². The Hall–Kier alpha value is -0.770. The molecule has 0 saturated heterocycles. The molecule has 94 valence electrons. The second kappa shape index (κ2) is 5.91. The molecule has 0 fully saturated rings. The summed E-state index contributed by atoms with van der Waals surface area (Å²) in [6.45, 7) is 2.04. The fourth-order valence-electron chi connectivity index (χ4n) is 1.67. The van der Waals surface area contributed by atoms with Gasteiger partial charge in [0.25, 0.3) is 0 Å². The number of hydrogen-bond acceptors (Lipinski definition) is 2. The van der Waals surface area contributed by atoms with E-state index in [0.717, 1.165) is 15.7 Å². The van der Waals surface area contributed by atoms with E-state index in [1.165, 1.54) is 0 Å². The van der Waals surface area contributed by atoms with E-state index in [-0.39, 0.29) is 6.04 Å². The summed E-state index contributed by atoms with van der Waals surface area (Å²) in [6, 6.07) is 7.54. The monoisotopic (exact) mass is 344 g/mol. The highest BCUT2D eigenvalue weighted by atomic mass is 79.9. The molecule has 2 nitrogen and oxygen atoms in total. The summed E-state index contributed by atoms with van der Waals surface area (Å²) in [4.78, 5) is 4.10. The van der Waals surface area contributed by atoms with Crippen molar-refractivity contribution in [2.24, 2.45) is 0 Å². The van der Waals surface area contributed by atoms with Crippen molar-refractivity contribution in [1.29, 1.82) is 0 Å². The third-order valence-corrected chi connectivity index (χ3v) is 3.51. The van der Waals surface area contributed by atoms with Gasteiger partial charge >= 0.3 is 0 Å². The zero-order valence-corrected chi connectivity index (χ0v) is 12.7. The predicted octanol–water partition coefficient (Wildman–Crippen LogP) is 5.32. The van der Waals surface area contributed by atoms with Crippen LogP contribution >= 0.6 is 39.1 Å². The highest BCUT2D eigenvalue weighted by molar-refractivity contribution is 9.10. The second-order valence-electron chi connectivity index (χ2n) is 3.92. The Morgan fingerprint density at radius 1 is 1.22 bits per heavy atom. The van der Waals surface area contributed by atoms with Gasteiger partial charge in [-0.2, -0.15) is 0 Å². The number of aromatic nitrogens is 1. The minimum Gasteiger partial charge on any atom is -0.377 e. The van der Waals surface area contributed by atoms with E-state index in [0.29, 0.717) is 10.0 Å². The van der Waals surface area contributed by atoms with E-state index >= 15 is 0 Å². The molecule has 1 aromatic heterocycles. The molecule has 0 radical (unpaired) electrons. The molecule has 1 aromatic carbocycles. The Bertz CT molecular complexity index is 560. The first-order valence-corrected chi connectivity index (χ1v) is 6.93. The van der Waals surface area contributed by atoms with Gasteiger partial charge in [0.15, 0.2) is 0 Å². The molecule has 1 heterocycles. The molecule has 18 heavy (non-hydrogen) atoms. The molecule has 1 N–H and O–H groups in total. The van der Waals surface area contributed by atoms with Crippen molar-refractivity contribution in [3.8, 4) is 0 Å². The number of halogens is 3. The summed E-state index contributed by atoms with van der Waals surface area (Å²) >= 11 is 15.4. The van der Waals surface area contributed by atoms with Gasteiger partial charge in [-0.15, -0.1) is 0 Å². The number of anilines is 1. The minimum absolute atomic E-state index is 0.0749. The molecule has 0 aliphatic heterocycles. The van der Waals surface area contributed by atoms with Gasteiger partial charge in [-0.1, -0.05) is 29.3 Å². The van der Waals surface area contributed by atoms with E-state index < -0.39 is 0 Å². The quantitative estimate of drug-likeness (QED) is 0.813. The molecule has 0 aliphatic carbocycles. The fraction of sp³-hybridized carbons (Fsp3) is 0.154. The summed E-state index contributed by atoms with van der Waals surface area (Å²) in [5.74, 6) is 0. The molecule has 0 aliphatic rings. The average molecular weight is 346 g/mol. The maximum atomic E-state index is 6.17. The van der Waals surface area contributed by atoms with Crippen LogP contribution in [0.1, 0.15) is 18.5 Å². The molecular weight excluding hydrogens is 335 g/mol. The van der Waals surface area contributed by atoms with Gasteiger partial charge in [-0.3, -0.25) is 4.98 Å². The number of pyridine rings is 1. The molecule has 0 spiro atoms. The van der Waals surface area contributed by atoms with E-state index in [2.05, 4.69) is 26.2 Å². The lowest BCUT2D eigenvalue weighted by atomic mass is 10.1. The van der Waals surface area contributed by atoms with Gasteiger partial charge in [-0.05, 0) is 46.6 Å². The van der Waals surface area contributed by atoms with E-state index in [1.807, 2.05) is 25.1 Å². The molecular formula is C13H11BrCl2N2. The summed E-state index contributed by atoms with van der Waals surface area (Å²) in [5.41, 5.74) is 1.93. The third-order valence-electron chi connectivity index (χ3n) is 2.52. The Balaban J connectivity index is 2.19. The fourth-order valence-corrected chi connectivity index (χ4v) is 2.61. The molecule has 0 bridgehead atoms. The second-order valence-corrected chi connectivity index (χ2v) is 5.68. The topological polar surface area (TPSA) is 24.9 Å². The zero-order chi connectivity index (χ0) is 13.1. The zero-order valence-electron chi connectivity index (χ0n) is 9.62. The molecule has 1 unspecified atom stereocenters. The SMILES string of the molecule is CC(Nc1cncc(Br)c1)c1ccc(Cl)cc1Cl. The largest absolute Gasteiger partial charge is 0.377 e. The van der Waals surface area contributed by atoms with Gasteiger partial charge < -0.3 is 5.32 Å². The number of rotatable bonds is 3. The van der Waals surface area contributed by atoms with Crippen molar-refractivity contribution in [3.63, 3.8) is 0 Å². The number of benzene rings is 1. The van der Waals surface area contributed by atoms with Crippen LogP contribution in [0.2, 0.25) is 10.0 Å². The Labute approximate surface area is 124 Å². The van der Waals surface area contributed by atoms with Gasteiger partial charge in [0, 0.05) is 20.7 Å². The molecule has 0 saturated carbocycles. The van der Waals surface area contributed by atoms with Gasteiger partial charge in [0.1, 0.15) is 0 Å². The van der Waals surface area contributed by atoms with Crippen molar-refractivity contribution in [2.45, 2.75) is 13.0 Å². The smallest absolute Gasteiger partial charge is 0.0542 e. The van der Waals surface area contributed by atoms with Gasteiger partial charge in [-0.25, -0.2) is 0 Å². The van der Waals surface area contributed by atoms with Crippen molar-refractivity contribution in [1.82, 2.24) is 4.98 Å². The van der Waals surface area contributed by atoms with Crippen molar-refractivity contribution in [2.75, 3.05) is 5.32 Å². The number of hydrogen-bond donors (Lipinski definition) is 1. The Kier molecular flexibility index (Phi) is 4.49. The van der Waals surface area contributed by atoms with Gasteiger partial charge in [0.2, 0.25) is 0 Å². The summed E-state index contributed by atoms with van der Waals surface area (Å²) in [7, 11) is 0. The van der Waals surface area contributed by atoms with Crippen LogP contribution in [0.3, 0.4) is 0 Å². The average Bonchev–Trinajstić information content (AvgIpc) is 2.28. The standard InChI is InChI=1S/C13H11BrCl2N2/c1-8(12-3-2-10(15)5-13(12)16)18-11-4-9(14)6-17-7-11/h2-8,18H,1H3. The third kappa shape index (κ3) is 3.37. The first-order valence-electron chi connectivity index (χ1n) is 5.38. The molecule has 2 aromatic rings. The normalized spacial score (nSPS) is 12.2. The lowest BCUT2D eigenvalue weighted by Crippen LogP contribution is -2.07. The minimum atomic E-state index is 0.0749. The first kappa shape index (κ1) is 13.7. The summed E-state index contributed by atoms with van der Waals surface area (Å²) < 4.78 is 0.932. The number of nitrogens with zero attached hydrogens (tertiary/aromatic N) is 1. The number of nitrogens with one attached hydrogen (secondary N) is 1. The maximum absolute atomic E-state index is 6.17. The van der Waals surface area contributed by atoms with Crippen LogP contribution in [0.15, 0.2) is 41.1 Å². The maximum Gasteiger partial charge on any atom is 0.0542 e. The van der Waals surface area contributed by atoms with E-state index in [1.54, 1.807) is 18.5 Å². The van der Waals surface area contributed by atoms with E-state index in [9.17, 15) is 0 Å². The first-order chi connectivity index (χ1) is 8.56. The Morgan fingerprint density at radius 3 is 2.67 bits per heavy atom. The molecule has 2 rings (SSSR count). The van der Waals surface area contributed by atoms with Crippen LogP contribution < -0.4 is 5.32 Å². The Morgan fingerprint density at radius 2 is 2.00 bits per heavy atom. The van der Waals surface area contributed by atoms with Crippen LogP contribution in [0.4, 0.5) is 5.69 Å². The highest BCUT2D eigenvalue weighted by Gasteiger charge is 2.10. The van der Waals surface area contributed by atoms with Crippen molar-refractivity contribution >= 4 is 44.8 Å². The lowest BCUT2D eigenvalue weighted by Gasteiger charge is -2.17.